The van der Waals surface area contributed by atoms with Crippen molar-refractivity contribution in [3.8, 4) is 5.75 Å². The third-order valence-corrected chi connectivity index (χ3v) is 3.25. The summed E-state index contributed by atoms with van der Waals surface area (Å²) in [7, 11) is -1.42. The molecule has 0 radical (unpaired) electrons. The zero-order valence-corrected chi connectivity index (χ0v) is 11.4. The standard InChI is InChI=1S/C13H15BFNO5/c1-2-3-10(17)16-9-6-7-4-5-8(15)11(13(18)19)12(7)21-14(9)20/h4-5,9,20H,2-3,6H2,1H3,(H,16,17)(H,18,19)/t9-/m0/s1. The van der Waals surface area contributed by atoms with Crippen molar-refractivity contribution >= 4 is 19.0 Å². The van der Waals surface area contributed by atoms with Crippen LogP contribution in [0.15, 0.2) is 12.1 Å². The summed E-state index contributed by atoms with van der Waals surface area (Å²) in [5, 5.41) is 21.5. The molecule has 0 unspecified atom stereocenters. The van der Waals surface area contributed by atoms with E-state index in [1.807, 2.05) is 6.92 Å². The first-order valence-corrected chi connectivity index (χ1v) is 6.62. The lowest BCUT2D eigenvalue weighted by atomic mass is 9.72. The Labute approximate surface area is 121 Å². The van der Waals surface area contributed by atoms with Gasteiger partial charge in [-0.1, -0.05) is 13.0 Å². The van der Waals surface area contributed by atoms with E-state index < -0.39 is 30.4 Å². The van der Waals surface area contributed by atoms with E-state index in [4.69, 9.17) is 9.76 Å². The SMILES string of the molecule is CCCC(=O)N[C@H]1Cc2ccc(F)c(C(=O)O)c2OB1O. The smallest absolute Gasteiger partial charge is 0.534 e. The second-order valence-electron chi connectivity index (χ2n) is 4.85. The van der Waals surface area contributed by atoms with Crippen LogP contribution < -0.4 is 9.97 Å². The number of carbonyl (C=O) groups excluding carboxylic acids is 1. The number of nitrogens with one attached hydrogen (secondary N) is 1. The summed E-state index contributed by atoms with van der Waals surface area (Å²) >= 11 is 0. The number of halogens is 1. The summed E-state index contributed by atoms with van der Waals surface area (Å²) in [6, 6.07) is 2.43. The first-order valence-electron chi connectivity index (χ1n) is 6.62. The summed E-state index contributed by atoms with van der Waals surface area (Å²) in [6.07, 6.45) is 1.16. The summed E-state index contributed by atoms with van der Waals surface area (Å²) in [5.41, 5.74) is -0.175. The molecule has 1 atom stereocenters. The average Bonchev–Trinajstić information content (AvgIpc) is 2.39. The Morgan fingerprint density at radius 2 is 2.24 bits per heavy atom. The van der Waals surface area contributed by atoms with Gasteiger partial charge in [0.15, 0.2) is 0 Å². The van der Waals surface area contributed by atoms with Gasteiger partial charge in [0.05, 0.1) is 5.94 Å². The van der Waals surface area contributed by atoms with Crippen LogP contribution in [-0.4, -0.2) is 35.1 Å². The molecule has 8 heteroatoms. The van der Waals surface area contributed by atoms with Gasteiger partial charge in [-0.25, -0.2) is 9.18 Å². The van der Waals surface area contributed by atoms with Gasteiger partial charge in [-0.3, -0.25) is 4.79 Å². The van der Waals surface area contributed by atoms with Crippen molar-refractivity contribution in [3.05, 3.63) is 29.1 Å². The van der Waals surface area contributed by atoms with E-state index in [9.17, 15) is 19.0 Å². The minimum Gasteiger partial charge on any atom is -0.534 e. The highest BCUT2D eigenvalue weighted by atomic mass is 19.1. The number of aromatic carboxylic acids is 1. The highest BCUT2D eigenvalue weighted by Crippen LogP contribution is 2.32. The van der Waals surface area contributed by atoms with Gasteiger partial charge in [0.25, 0.3) is 0 Å². The molecular weight excluding hydrogens is 280 g/mol. The number of hydrogen-bond acceptors (Lipinski definition) is 4. The van der Waals surface area contributed by atoms with Crippen molar-refractivity contribution in [3.63, 3.8) is 0 Å². The molecule has 0 saturated carbocycles. The van der Waals surface area contributed by atoms with E-state index in [2.05, 4.69) is 5.32 Å². The first kappa shape index (κ1) is 15.3. The number of carboxylic acid groups (broad SMARTS) is 1. The first-order chi connectivity index (χ1) is 9.93. The van der Waals surface area contributed by atoms with Crippen LogP contribution in [0.1, 0.15) is 35.7 Å². The van der Waals surface area contributed by atoms with Crippen LogP contribution in [0.25, 0.3) is 0 Å². The van der Waals surface area contributed by atoms with E-state index in [0.29, 0.717) is 18.4 Å². The van der Waals surface area contributed by atoms with Crippen LogP contribution in [0.3, 0.4) is 0 Å². The van der Waals surface area contributed by atoms with E-state index in [0.717, 1.165) is 6.07 Å². The maximum atomic E-state index is 13.6. The number of rotatable bonds is 4. The lowest BCUT2D eigenvalue weighted by Gasteiger charge is -2.29. The molecule has 0 fully saturated rings. The van der Waals surface area contributed by atoms with Crippen molar-refractivity contribution in [2.45, 2.75) is 32.1 Å². The number of carboxylic acids is 1. The van der Waals surface area contributed by atoms with Gasteiger partial charge in [0.2, 0.25) is 5.91 Å². The largest absolute Gasteiger partial charge is 0.547 e. The summed E-state index contributed by atoms with van der Waals surface area (Å²) in [6.45, 7) is 1.85. The molecule has 1 aromatic rings. The van der Waals surface area contributed by atoms with Crippen LogP contribution in [0.4, 0.5) is 4.39 Å². The van der Waals surface area contributed by atoms with E-state index in [1.54, 1.807) is 0 Å². The maximum absolute atomic E-state index is 13.6. The predicted octanol–water partition coefficient (Wildman–Crippen LogP) is 0.763. The van der Waals surface area contributed by atoms with Gasteiger partial charge in [-0.05, 0) is 24.5 Å². The van der Waals surface area contributed by atoms with Crippen molar-refractivity contribution in [2.24, 2.45) is 0 Å². The normalized spacial score (nSPS) is 16.9. The minimum atomic E-state index is -1.47. The van der Waals surface area contributed by atoms with E-state index in [1.165, 1.54) is 6.07 Å². The lowest BCUT2D eigenvalue weighted by Crippen LogP contribution is -2.53. The van der Waals surface area contributed by atoms with Crippen molar-refractivity contribution in [2.75, 3.05) is 0 Å². The Hall–Kier alpha value is -2.09. The van der Waals surface area contributed by atoms with E-state index >= 15 is 0 Å². The molecule has 0 spiro atoms. The number of fused-ring (bicyclic) bond motifs is 1. The predicted molar refractivity (Wildman–Crippen MR) is 72.5 cm³/mol. The van der Waals surface area contributed by atoms with Gasteiger partial charge in [0.1, 0.15) is 17.1 Å². The zero-order valence-electron chi connectivity index (χ0n) is 11.4. The van der Waals surface area contributed by atoms with Crippen LogP contribution >= 0.6 is 0 Å². The fraction of sp³-hybridized carbons (Fsp3) is 0.385. The Morgan fingerprint density at radius 3 is 2.86 bits per heavy atom. The topological polar surface area (TPSA) is 95.9 Å². The van der Waals surface area contributed by atoms with Gasteiger partial charge in [-0.15, -0.1) is 0 Å². The Morgan fingerprint density at radius 1 is 1.52 bits per heavy atom. The van der Waals surface area contributed by atoms with Crippen LogP contribution in [0, 0.1) is 5.82 Å². The number of amides is 1. The molecular formula is C13H15BFNO5. The molecule has 21 heavy (non-hydrogen) atoms. The quantitative estimate of drug-likeness (QED) is 0.713. The van der Waals surface area contributed by atoms with Gasteiger partial charge in [0, 0.05) is 6.42 Å². The molecule has 2 rings (SSSR count). The van der Waals surface area contributed by atoms with Gasteiger partial charge >= 0.3 is 13.1 Å². The van der Waals surface area contributed by atoms with Crippen molar-refractivity contribution in [1.29, 1.82) is 0 Å². The van der Waals surface area contributed by atoms with Crippen molar-refractivity contribution < 1.29 is 28.8 Å². The molecule has 0 aromatic heterocycles. The summed E-state index contributed by atoms with van der Waals surface area (Å²) in [5.74, 6) is -3.50. The fourth-order valence-corrected chi connectivity index (χ4v) is 2.27. The number of hydrogen-bond donors (Lipinski definition) is 3. The molecule has 1 heterocycles. The summed E-state index contributed by atoms with van der Waals surface area (Å²) < 4.78 is 18.7. The average molecular weight is 295 g/mol. The molecule has 1 amide bonds. The van der Waals surface area contributed by atoms with E-state index in [-0.39, 0.29) is 18.1 Å². The van der Waals surface area contributed by atoms with Crippen LogP contribution in [-0.2, 0) is 11.2 Å². The zero-order chi connectivity index (χ0) is 15.6. The molecule has 1 aromatic carbocycles. The Kier molecular flexibility index (Phi) is 4.47. The molecule has 112 valence electrons. The highest BCUT2D eigenvalue weighted by molar-refractivity contribution is 6.47. The van der Waals surface area contributed by atoms with Gasteiger partial charge in [-0.2, -0.15) is 0 Å². The number of benzene rings is 1. The number of carbonyl (C=O) groups is 2. The lowest BCUT2D eigenvalue weighted by molar-refractivity contribution is -0.121. The summed E-state index contributed by atoms with van der Waals surface area (Å²) in [4.78, 5) is 22.6. The second kappa shape index (κ2) is 6.13. The minimum absolute atomic E-state index is 0.173. The molecule has 1 aliphatic rings. The highest BCUT2D eigenvalue weighted by Gasteiger charge is 2.38. The third-order valence-electron chi connectivity index (χ3n) is 3.25. The maximum Gasteiger partial charge on any atom is 0.547 e. The van der Waals surface area contributed by atoms with Gasteiger partial charge < -0.3 is 20.1 Å². The molecule has 0 saturated heterocycles. The second-order valence-corrected chi connectivity index (χ2v) is 4.85. The molecule has 1 aliphatic heterocycles. The van der Waals surface area contributed by atoms with Crippen LogP contribution in [0.2, 0.25) is 0 Å². The monoisotopic (exact) mass is 295 g/mol. The third kappa shape index (κ3) is 3.16. The Balaban J connectivity index is 2.26. The molecule has 0 bridgehead atoms. The van der Waals surface area contributed by atoms with Crippen molar-refractivity contribution in [1.82, 2.24) is 5.32 Å². The molecule has 0 aliphatic carbocycles. The van der Waals surface area contributed by atoms with Crippen LogP contribution in [0.5, 0.6) is 5.75 Å². The molecule has 6 nitrogen and oxygen atoms in total. The Bertz CT molecular complexity index is 580. The molecule has 3 N–H and O–H groups in total. The fourth-order valence-electron chi connectivity index (χ4n) is 2.27.